The van der Waals surface area contributed by atoms with Gasteiger partial charge in [-0.25, -0.2) is 4.98 Å². The molecule has 0 spiro atoms. The van der Waals surface area contributed by atoms with Gasteiger partial charge in [0.1, 0.15) is 10.1 Å². The Balaban J connectivity index is 2.13. The Labute approximate surface area is 115 Å². The van der Waals surface area contributed by atoms with Crippen LogP contribution in [0.25, 0.3) is 0 Å². The van der Waals surface area contributed by atoms with E-state index in [1.54, 1.807) is 18.3 Å². The van der Waals surface area contributed by atoms with Crippen LogP contribution in [0.2, 0.25) is 0 Å². The van der Waals surface area contributed by atoms with Crippen LogP contribution in [0.5, 0.6) is 0 Å². The number of halogens is 1. The molecule has 1 heterocycles. The van der Waals surface area contributed by atoms with E-state index < -0.39 is 5.54 Å². The fourth-order valence-electron chi connectivity index (χ4n) is 2.25. The predicted octanol–water partition coefficient (Wildman–Crippen LogP) is 2.80. The first kappa shape index (κ1) is 13.0. The highest BCUT2D eigenvalue weighted by atomic mass is 79.9. The summed E-state index contributed by atoms with van der Waals surface area (Å²) in [7, 11) is 0. The average molecular weight is 308 g/mol. The summed E-state index contributed by atoms with van der Waals surface area (Å²) in [5, 5.41) is 12.2. The van der Waals surface area contributed by atoms with E-state index in [1.807, 2.05) is 0 Å². The summed E-state index contributed by atoms with van der Waals surface area (Å²) in [6.45, 7) is 0. The molecule has 1 fully saturated rings. The van der Waals surface area contributed by atoms with Crippen LogP contribution in [0.3, 0.4) is 0 Å². The molecule has 1 N–H and O–H groups in total. The lowest BCUT2D eigenvalue weighted by atomic mass is 9.82. The van der Waals surface area contributed by atoms with Gasteiger partial charge < -0.3 is 5.32 Å². The van der Waals surface area contributed by atoms with Gasteiger partial charge in [0.05, 0.1) is 6.07 Å². The van der Waals surface area contributed by atoms with Crippen molar-refractivity contribution in [3.05, 3.63) is 28.5 Å². The van der Waals surface area contributed by atoms with Crippen LogP contribution in [0.4, 0.5) is 0 Å². The van der Waals surface area contributed by atoms with E-state index in [1.165, 1.54) is 0 Å². The second-order valence-corrected chi connectivity index (χ2v) is 5.39. The molecule has 0 radical (unpaired) electrons. The Hall–Kier alpha value is -1.41. The Kier molecular flexibility index (Phi) is 3.97. The number of hydrogen-bond donors (Lipinski definition) is 1. The van der Waals surface area contributed by atoms with Gasteiger partial charge in [0, 0.05) is 11.8 Å². The van der Waals surface area contributed by atoms with Gasteiger partial charge >= 0.3 is 0 Å². The number of nitriles is 1. The van der Waals surface area contributed by atoms with E-state index in [9.17, 15) is 10.1 Å². The van der Waals surface area contributed by atoms with E-state index in [4.69, 9.17) is 0 Å². The van der Waals surface area contributed by atoms with Crippen molar-refractivity contribution in [2.75, 3.05) is 0 Å². The summed E-state index contributed by atoms with van der Waals surface area (Å²) >= 11 is 3.23. The number of rotatable bonds is 2. The van der Waals surface area contributed by atoms with Crippen molar-refractivity contribution < 1.29 is 4.79 Å². The number of pyridine rings is 1. The highest BCUT2D eigenvalue weighted by molar-refractivity contribution is 9.10. The molecule has 94 valence electrons. The SMILES string of the molecule is N#CC1(NC(=O)c2ccnc(Br)c2)CCCCC1. The molecule has 4 nitrogen and oxygen atoms in total. The van der Waals surface area contributed by atoms with Crippen LogP contribution in [0, 0.1) is 11.3 Å². The maximum absolute atomic E-state index is 12.1. The minimum atomic E-state index is -0.689. The highest BCUT2D eigenvalue weighted by Crippen LogP contribution is 2.27. The van der Waals surface area contributed by atoms with Crippen molar-refractivity contribution in [3.8, 4) is 6.07 Å². The Morgan fingerprint density at radius 3 is 2.78 bits per heavy atom. The van der Waals surface area contributed by atoms with Gasteiger partial charge in [0.2, 0.25) is 0 Å². The Bertz CT molecular complexity index is 489. The molecule has 1 aliphatic rings. The molecule has 1 aromatic rings. The molecule has 1 aromatic heterocycles. The van der Waals surface area contributed by atoms with Crippen LogP contribution in [0.15, 0.2) is 22.9 Å². The maximum Gasteiger partial charge on any atom is 0.252 e. The zero-order chi connectivity index (χ0) is 13.0. The third kappa shape index (κ3) is 2.88. The van der Waals surface area contributed by atoms with Crippen LogP contribution in [0.1, 0.15) is 42.5 Å². The van der Waals surface area contributed by atoms with Crippen molar-refractivity contribution in [2.24, 2.45) is 0 Å². The number of aromatic nitrogens is 1. The molecule has 1 aliphatic carbocycles. The van der Waals surface area contributed by atoms with E-state index >= 15 is 0 Å². The van der Waals surface area contributed by atoms with Crippen LogP contribution < -0.4 is 5.32 Å². The third-order valence-electron chi connectivity index (χ3n) is 3.26. The van der Waals surface area contributed by atoms with Crippen LogP contribution >= 0.6 is 15.9 Å². The van der Waals surface area contributed by atoms with Gasteiger partial charge in [0.25, 0.3) is 5.91 Å². The molecule has 0 unspecified atom stereocenters. The lowest BCUT2D eigenvalue weighted by Gasteiger charge is -2.31. The summed E-state index contributed by atoms with van der Waals surface area (Å²) in [6.07, 6.45) is 6.17. The van der Waals surface area contributed by atoms with Gasteiger partial charge in [-0.2, -0.15) is 5.26 Å². The topological polar surface area (TPSA) is 65.8 Å². The molecule has 18 heavy (non-hydrogen) atoms. The van der Waals surface area contributed by atoms with Crippen LogP contribution in [-0.4, -0.2) is 16.4 Å². The lowest BCUT2D eigenvalue weighted by molar-refractivity contribution is 0.0902. The van der Waals surface area contributed by atoms with Crippen molar-refractivity contribution in [1.82, 2.24) is 10.3 Å². The van der Waals surface area contributed by atoms with Gasteiger partial charge in [-0.1, -0.05) is 19.3 Å². The summed E-state index contributed by atoms with van der Waals surface area (Å²) in [4.78, 5) is 16.1. The summed E-state index contributed by atoms with van der Waals surface area (Å²) in [5.41, 5.74) is -0.164. The summed E-state index contributed by atoms with van der Waals surface area (Å²) in [6, 6.07) is 5.58. The standard InChI is InChI=1S/C13H14BrN3O/c14-11-8-10(4-7-16-11)12(18)17-13(9-15)5-2-1-3-6-13/h4,7-8H,1-3,5-6H2,(H,17,18). The normalized spacial score (nSPS) is 17.8. The first-order valence-corrected chi connectivity index (χ1v) is 6.80. The number of nitrogens with one attached hydrogen (secondary N) is 1. The van der Waals surface area contributed by atoms with Gasteiger partial charge in [-0.05, 0) is 40.9 Å². The third-order valence-corrected chi connectivity index (χ3v) is 3.70. The van der Waals surface area contributed by atoms with E-state index in [0.29, 0.717) is 10.2 Å². The zero-order valence-corrected chi connectivity index (χ0v) is 11.5. The Morgan fingerprint density at radius 1 is 1.44 bits per heavy atom. The molecule has 0 aromatic carbocycles. The molecule has 0 aliphatic heterocycles. The number of hydrogen-bond acceptors (Lipinski definition) is 3. The molecular weight excluding hydrogens is 294 g/mol. The second-order valence-electron chi connectivity index (χ2n) is 4.58. The van der Waals surface area contributed by atoms with Crippen LogP contribution in [-0.2, 0) is 0 Å². The van der Waals surface area contributed by atoms with E-state index in [0.717, 1.165) is 32.1 Å². The van der Waals surface area contributed by atoms with E-state index in [-0.39, 0.29) is 5.91 Å². The fraction of sp³-hybridized carbons (Fsp3) is 0.462. The average Bonchev–Trinajstić information content (AvgIpc) is 2.40. The number of nitrogens with zero attached hydrogens (tertiary/aromatic N) is 2. The smallest absolute Gasteiger partial charge is 0.252 e. The number of carbonyl (C=O) groups is 1. The first-order valence-electron chi connectivity index (χ1n) is 6.00. The quantitative estimate of drug-likeness (QED) is 0.854. The van der Waals surface area contributed by atoms with Crippen molar-refractivity contribution in [1.29, 1.82) is 5.26 Å². The largest absolute Gasteiger partial charge is 0.334 e. The molecule has 0 saturated heterocycles. The minimum Gasteiger partial charge on any atom is -0.334 e. The number of carbonyl (C=O) groups excluding carboxylic acids is 1. The molecule has 1 amide bonds. The molecule has 0 atom stereocenters. The van der Waals surface area contributed by atoms with Gasteiger partial charge in [0.15, 0.2) is 0 Å². The molecule has 2 rings (SSSR count). The highest BCUT2D eigenvalue weighted by Gasteiger charge is 2.33. The van der Waals surface area contributed by atoms with E-state index in [2.05, 4.69) is 32.3 Å². The minimum absolute atomic E-state index is 0.207. The van der Waals surface area contributed by atoms with Crippen molar-refractivity contribution in [2.45, 2.75) is 37.6 Å². The zero-order valence-electron chi connectivity index (χ0n) is 9.95. The van der Waals surface area contributed by atoms with Crippen molar-refractivity contribution >= 4 is 21.8 Å². The van der Waals surface area contributed by atoms with Crippen molar-refractivity contribution in [3.63, 3.8) is 0 Å². The lowest BCUT2D eigenvalue weighted by Crippen LogP contribution is -2.48. The summed E-state index contributed by atoms with van der Waals surface area (Å²) < 4.78 is 0.616. The van der Waals surface area contributed by atoms with Gasteiger partial charge in [-0.3, -0.25) is 4.79 Å². The predicted molar refractivity (Wildman–Crippen MR) is 70.8 cm³/mol. The maximum atomic E-state index is 12.1. The fourth-order valence-corrected chi connectivity index (χ4v) is 2.62. The molecule has 5 heteroatoms. The van der Waals surface area contributed by atoms with Gasteiger partial charge in [-0.15, -0.1) is 0 Å². The molecular formula is C13H14BrN3O. The number of amides is 1. The summed E-state index contributed by atoms with van der Waals surface area (Å²) in [5.74, 6) is -0.207. The first-order chi connectivity index (χ1) is 8.65. The second kappa shape index (κ2) is 5.49. The molecule has 1 saturated carbocycles. The molecule has 0 bridgehead atoms. The monoisotopic (exact) mass is 307 g/mol. The Morgan fingerprint density at radius 2 is 2.17 bits per heavy atom.